The number of hydrogen-bond donors (Lipinski definition) is 1. The highest BCUT2D eigenvalue weighted by molar-refractivity contribution is 5.03. The number of nitrogens with one attached hydrogen (secondary N) is 1. The Hall–Kier alpha value is -0.900. The van der Waals surface area contributed by atoms with Crippen molar-refractivity contribution in [3.05, 3.63) is 11.7 Å². The molecule has 1 aromatic rings. The van der Waals surface area contributed by atoms with Crippen molar-refractivity contribution < 1.29 is 4.52 Å². The number of piperidine rings is 1. The van der Waals surface area contributed by atoms with Crippen LogP contribution in [-0.4, -0.2) is 23.2 Å². The summed E-state index contributed by atoms with van der Waals surface area (Å²) in [6.07, 6.45) is 2.34. The van der Waals surface area contributed by atoms with Crippen LogP contribution in [0.4, 0.5) is 0 Å². The van der Waals surface area contributed by atoms with Gasteiger partial charge < -0.3 is 9.84 Å². The van der Waals surface area contributed by atoms with E-state index >= 15 is 0 Å². The third kappa shape index (κ3) is 2.37. The Kier molecular flexibility index (Phi) is 2.78. The molecule has 1 aliphatic heterocycles. The highest BCUT2D eigenvalue weighted by Crippen LogP contribution is 2.25. The number of rotatable bonds is 1. The van der Waals surface area contributed by atoms with Crippen molar-refractivity contribution in [3.63, 3.8) is 0 Å². The summed E-state index contributed by atoms with van der Waals surface area (Å²) >= 11 is 0. The van der Waals surface area contributed by atoms with Crippen LogP contribution >= 0.6 is 0 Å². The zero-order valence-corrected chi connectivity index (χ0v) is 9.71. The summed E-state index contributed by atoms with van der Waals surface area (Å²) in [5.74, 6) is 2.01. The fourth-order valence-electron chi connectivity index (χ4n) is 1.77. The Bertz CT molecular complexity index is 321. The van der Waals surface area contributed by atoms with E-state index in [9.17, 15) is 0 Å². The average molecular weight is 209 g/mol. The first kappa shape index (κ1) is 10.6. The van der Waals surface area contributed by atoms with Crippen LogP contribution in [0.5, 0.6) is 0 Å². The van der Waals surface area contributed by atoms with Crippen LogP contribution < -0.4 is 5.32 Å². The first-order chi connectivity index (χ1) is 7.07. The molecular formula is C11H19N3O. The molecule has 0 spiro atoms. The quantitative estimate of drug-likeness (QED) is 0.766. The van der Waals surface area contributed by atoms with E-state index in [1.807, 2.05) is 0 Å². The van der Waals surface area contributed by atoms with Gasteiger partial charge in [0.25, 0.3) is 0 Å². The van der Waals surface area contributed by atoms with Gasteiger partial charge in [0, 0.05) is 12.0 Å². The van der Waals surface area contributed by atoms with Crippen LogP contribution in [0.2, 0.25) is 0 Å². The van der Waals surface area contributed by atoms with Gasteiger partial charge in [-0.05, 0) is 19.4 Å². The van der Waals surface area contributed by atoms with Crippen LogP contribution in [0.25, 0.3) is 0 Å². The summed E-state index contributed by atoms with van der Waals surface area (Å²) in [6.45, 7) is 8.37. The molecule has 1 saturated heterocycles. The molecule has 0 aromatic carbocycles. The molecule has 0 radical (unpaired) electrons. The molecule has 2 rings (SSSR count). The molecule has 4 nitrogen and oxygen atoms in total. The fraction of sp³-hybridized carbons (Fsp3) is 0.818. The van der Waals surface area contributed by atoms with Crippen molar-refractivity contribution in [3.8, 4) is 0 Å². The van der Waals surface area contributed by atoms with Gasteiger partial charge in [0.05, 0.1) is 5.92 Å². The maximum atomic E-state index is 5.33. The lowest BCUT2D eigenvalue weighted by molar-refractivity contribution is 0.316. The van der Waals surface area contributed by atoms with Gasteiger partial charge >= 0.3 is 0 Å². The molecule has 0 saturated carbocycles. The highest BCUT2D eigenvalue weighted by atomic mass is 16.5. The minimum Gasteiger partial charge on any atom is -0.339 e. The Labute approximate surface area is 90.4 Å². The zero-order chi connectivity index (χ0) is 10.9. The predicted octanol–water partition coefficient (Wildman–Crippen LogP) is 1.83. The zero-order valence-electron chi connectivity index (χ0n) is 9.71. The van der Waals surface area contributed by atoms with Gasteiger partial charge in [0.1, 0.15) is 0 Å². The van der Waals surface area contributed by atoms with Crippen LogP contribution in [0.1, 0.15) is 51.2 Å². The summed E-state index contributed by atoms with van der Waals surface area (Å²) in [7, 11) is 0. The van der Waals surface area contributed by atoms with E-state index in [0.29, 0.717) is 5.92 Å². The molecule has 1 aromatic heterocycles. The van der Waals surface area contributed by atoms with Gasteiger partial charge in [0.2, 0.25) is 5.89 Å². The van der Waals surface area contributed by atoms with Crippen molar-refractivity contribution in [2.24, 2.45) is 0 Å². The standard InChI is InChI=1S/C11H19N3O/c1-11(2,3)10-13-9(15-14-10)8-5-4-6-12-7-8/h8,12H,4-7H2,1-3H3/t8-/m1/s1. The van der Waals surface area contributed by atoms with Crippen molar-refractivity contribution >= 4 is 0 Å². The lowest BCUT2D eigenvalue weighted by Crippen LogP contribution is -2.28. The molecule has 1 aliphatic rings. The van der Waals surface area contributed by atoms with Gasteiger partial charge in [0.15, 0.2) is 5.82 Å². The molecule has 2 heterocycles. The molecule has 1 N–H and O–H groups in total. The Morgan fingerprint density at radius 1 is 1.40 bits per heavy atom. The van der Waals surface area contributed by atoms with Crippen LogP contribution in [-0.2, 0) is 5.41 Å². The minimum absolute atomic E-state index is 0.0240. The molecule has 1 atom stereocenters. The van der Waals surface area contributed by atoms with Crippen molar-refractivity contribution in [2.75, 3.05) is 13.1 Å². The van der Waals surface area contributed by atoms with Gasteiger partial charge in [-0.2, -0.15) is 4.98 Å². The predicted molar refractivity (Wildman–Crippen MR) is 57.8 cm³/mol. The fourth-order valence-corrected chi connectivity index (χ4v) is 1.77. The number of hydrogen-bond acceptors (Lipinski definition) is 4. The van der Waals surface area contributed by atoms with Crippen LogP contribution in [0.15, 0.2) is 4.52 Å². The monoisotopic (exact) mass is 209 g/mol. The molecule has 4 heteroatoms. The van der Waals surface area contributed by atoms with Crippen molar-refractivity contribution in [1.82, 2.24) is 15.5 Å². The molecule has 0 amide bonds. The molecule has 0 bridgehead atoms. The largest absolute Gasteiger partial charge is 0.339 e. The van der Waals surface area contributed by atoms with Crippen LogP contribution in [0.3, 0.4) is 0 Å². The lowest BCUT2D eigenvalue weighted by atomic mass is 9.95. The van der Waals surface area contributed by atoms with Gasteiger partial charge in [-0.3, -0.25) is 0 Å². The maximum Gasteiger partial charge on any atom is 0.231 e. The number of aromatic nitrogens is 2. The third-order valence-electron chi connectivity index (χ3n) is 2.76. The maximum absolute atomic E-state index is 5.33. The van der Waals surface area contributed by atoms with E-state index in [4.69, 9.17) is 4.52 Å². The van der Waals surface area contributed by atoms with Gasteiger partial charge in [-0.15, -0.1) is 0 Å². The number of nitrogens with zero attached hydrogens (tertiary/aromatic N) is 2. The Balaban J connectivity index is 2.12. The lowest BCUT2D eigenvalue weighted by Gasteiger charge is -2.19. The van der Waals surface area contributed by atoms with Crippen LogP contribution in [0, 0.1) is 0 Å². The summed E-state index contributed by atoms with van der Waals surface area (Å²) in [5.41, 5.74) is -0.0240. The molecular weight excluding hydrogens is 190 g/mol. The smallest absolute Gasteiger partial charge is 0.231 e. The van der Waals surface area contributed by atoms with E-state index in [2.05, 4.69) is 36.2 Å². The molecule has 15 heavy (non-hydrogen) atoms. The second kappa shape index (κ2) is 3.93. The van der Waals surface area contributed by atoms with Crippen molar-refractivity contribution in [2.45, 2.75) is 44.9 Å². The minimum atomic E-state index is -0.0240. The average Bonchev–Trinajstić information content (AvgIpc) is 2.67. The molecule has 0 aliphatic carbocycles. The van der Waals surface area contributed by atoms with E-state index in [1.54, 1.807) is 0 Å². The van der Waals surface area contributed by atoms with Gasteiger partial charge in [-0.1, -0.05) is 25.9 Å². The second-order valence-corrected chi connectivity index (χ2v) is 5.25. The van der Waals surface area contributed by atoms with Gasteiger partial charge in [-0.25, -0.2) is 0 Å². The van der Waals surface area contributed by atoms with E-state index < -0.39 is 0 Å². The second-order valence-electron chi connectivity index (χ2n) is 5.25. The highest BCUT2D eigenvalue weighted by Gasteiger charge is 2.25. The topological polar surface area (TPSA) is 51.0 Å². The van der Waals surface area contributed by atoms with E-state index in [0.717, 1.165) is 31.2 Å². The normalized spacial score (nSPS) is 23.0. The summed E-state index contributed by atoms with van der Waals surface area (Å²) < 4.78 is 5.33. The third-order valence-corrected chi connectivity index (χ3v) is 2.76. The molecule has 84 valence electrons. The molecule has 1 fully saturated rings. The Morgan fingerprint density at radius 2 is 2.20 bits per heavy atom. The first-order valence-corrected chi connectivity index (χ1v) is 5.62. The molecule has 0 unspecified atom stereocenters. The summed E-state index contributed by atoms with van der Waals surface area (Å²) in [6, 6.07) is 0. The SMILES string of the molecule is CC(C)(C)c1noc([C@@H]2CCCNC2)n1. The van der Waals surface area contributed by atoms with Crippen molar-refractivity contribution in [1.29, 1.82) is 0 Å². The summed E-state index contributed by atoms with van der Waals surface area (Å²) in [5, 5.41) is 7.40. The van der Waals surface area contributed by atoms with E-state index in [-0.39, 0.29) is 5.41 Å². The first-order valence-electron chi connectivity index (χ1n) is 5.62. The Morgan fingerprint density at radius 3 is 2.73 bits per heavy atom. The van der Waals surface area contributed by atoms with E-state index in [1.165, 1.54) is 6.42 Å². The summed E-state index contributed by atoms with van der Waals surface area (Å²) in [4.78, 5) is 4.49.